The third-order valence-electron chi connectivity index (χ3n) is 2.62. The van der Waals surface area contributed by atoms with Crippen LogP contribution in [-0.2, 0) is 10.1 Å². The van der Waals surface area contributed by atoms with Gasteiger partial charge in [-0.3, -0.25) is 4.55 Å². The van der Waals surface area contributed by atoms with Crippen LogP contribution in [0.4, 0.5) is 0 Å². The molecule has 0 aromatic heterocycles. The zero-order valence-corrected chi connectivity index (χ0v) is 8.50. The number of rotatable bonds is 1. The molecule has 0 spiro atoms. The third-order valence-corrected chi connectivity index (χ3v) is 3.79. The predicted molar refractivity (Wildman–Crippen MR) is 54.5 cm³/mol. The Hall–Kier alpha value is -0.870. The quantitative estimate of drug-likeness (QED) is 0.675. The molecule has 0 bridgehead atoms. The van der Waals surface area contributed by atoms with Gasteiger partial charge in [0.15, 0.2) is 0 Å². The molecule has 76 valence electrons. The summed E-state index contributed by atoms with van der Waals surface area (Å²) in [5, 5.41) is -0.751. The second kappa shape index (κ2) is 3.37. The van der Waals surface area contributed by atoms with Crippen LogP contribution in [0.2, 0.25) is 0 Å². The summed E-state index contributed by atoms with van der Waals surface area (Å²) in [6.45, 7) is 0. The van der Waals surface area contributed by atoms with Crippen molar-refractivity contribution >= 4 is 10.1 Å². The fourth-order valence-corrected chi connectivity index (χ4v) is 2.84. The van der Waals surface area contributed by atoms with Crippen molar-refractivity contribution in [3.63, 3.8) is 0 Å². The maximum atomic E-state index is 11.1. The minimum atomic E-state index is -3.96. The summed E-state index contributed by atoms with van der Waals surface area (Å²) in [7, 11) is -3.96. The first-order chi connectivity index (χ1) is 6.59. The van der Waals surface area contributed by atoms with Crippen LogP contribution < -0.4 is 0 Å². The van der Waals surface area contributed by atoms with Gasteiger partial charge in [-0.2, -0.15) is 8.42 Å². The van der Waals surface area contributed by atoms with Gasteiger partial charge in [0.1, 0.15) is 5.25 Å². The SMILES string of the molecule is O=S(=O)(O)C1CC=CC2=C1C=CCC2. The van der Waals surface area contributed by atoms with Crippen molar-refractivity contribution in [3.05, 3.63) is 35.5 Å². The van der Waals surface area contributed by atoms with Crippen LogP contribution >= 0.6 is 0 Å². The fourth-order valence-electron chi connectivity index (χ4n) is 1.94. The van der Waals surface area contributed by atoms with Crippen molar-refractivity contribution in [2.75, 3.05) is 0 Å². The Bertz CT molecular complexity index is 426. The number of hydrogen-bond acceptors (Lipinski definition) is 2. The van der Waals surface area contributed by atoms with Crippen LogP contribution in [0.1, 0.15) is 19.3 Å². The molecule has 0 aromatic carbocycles. The molecule has 0 fully saturated rings. The molecule has 2 rings (SSSR count). The highest BCUT2D eigenvalue weighted by Gasteiger charge is 2.29. The van der Waals surface area contributed by atoms with Gasteiger partial charge in [-0.05, 0) is 30.4 Å². The van der Waals surface area contributed by atoms with Gasteiger partial charge < -0.3 is 0 Å². The topological polar surface area (TPSA) is 54.4 Å². The zero-order chi connectivity index (χ0) is 10.2. The van der Waals surface area contributed by atoms with Crippen molar-refractivity contribution in [2.45, 2.75) is 24.5 Å². The maximum Gasteiger partial charge on any atom is 0.272 e. The maximum absolute atomic E-state index is 11.1. The lowest BCUT2D eigenvalue weighted by Gasteiger charge is -2.23. The van der Waals surface area contributed by atoms with Gasteiger partial charge in [-0.25, -0.2) is 0 Å². The first-order valence-electron chi connectivity index (χ1n) is 4.61. The van der Waals surface area contributed by atoms with E-state index >= 15 is 0 Å². The Kier molecular flexibility index (Phi) is 2.33. The highest BCUT2D eigenvalue weighted by molar-refractivity contribution is 7.86. The smallest absolute Gasteiger partial charge is 0.272 e. The molecule has 0 amide bonds. The molecule has 0 heterocycles. The molecular formula is C10H12O3S. The highest BCUT2D eigenvalue weighted by atomic mass is 32.2. The van der Waals surface area contributed by atoms with Gasteiger partial charge in [-0.15, -0.1) is 0 Å². The molecule has 0 saturated carbocycles. The first-order valence-corrected chi connectivity index (χ1v) is 6.12. The van der Waals surface area contributed by atoms with Crippen molar-refractivity contribution < 1.29 is 13.0 Å². The van der Waals surface area contributed by atoms with Gasteiger partial charge >= 0.3 is 0 Å². The Morgan fingerprint density at radius 1 is 1.29 bits per heavy atom. The molecule has 14 heavy (non-hydrogen) atoms. The van der Waals surface area contributed by atoms with Gasteiger partial charge in [0, 0.05) is 0 Å². The van der Waals surface area contributed by atoms with Crippen molar-refractivity contribution in [1.82, 2.24) is 0 Å². The molecule has 0 aliphatic heterocycles. The summed E-state index contributed by atoms with van der Waals surface area (Å²) in [5.74, 6) is 0. The lowest BCUT2D eigenvalue weighted by molar-refractivity contribution is 0.472. The van der Waals surface area contributed by atoms with Crippen molar-refractivity contribution in [3.8, 4) is 0 Å². The summed E-state index contributed by atoms with van der Waals surface area (Å²) in [6, 6.07) is 0. The summed E-state index contributed by atoms with van der Waals surface area (Å²) in [6.07, 6.45) is 9.74. The Morgan fingerprint density at radius 3 is 2.79 bits per heavy atom. The highest BCUT2D eigenvalue weighted by Crippen LogP contribution is 2.31. The third kappa shape index (κ3) is 1.67. The van der Waals surface area contributed by atoms with Crippen LogP contribution in [-0.4, -0.2) is 18.2 Å². The van der Waals surface area contributed by atoms with Crippen LogP contribution in [0.25, 0.3) is 0 Å². The van der Waals surface area contributed by atoms with E-state index in [1.807, 2.05) is 24.3 Å². The first kappa shape index (κ1) is 9.68. The summed E-state index contributed by atoms with van der Waals surface area (Å²) < 4.78 is 31.2. The zero-order valence-electron chi connectivity index (χ0n) is 7.68. The Morgan fingerprint density at radius 2 is 2.07 bits per heavy atom. The summed E-state index contributed by atoms with van der Waals surface area (Å²) >= 11 is 0. The van der Waals surface area contributed by atoms with Crippen LogP contribution in [0, 0.1) is 0 Å². The molecule has 1 unspecified atom stereocenters. The average molecular weight is 212 g/mol. The normalized spacial score (nSPS) is 26.5. The van der Waals surface area contributed by atoms with Gasteiger partial charge in [0.2, 0.25) is 0 Å². The largest absolute Gasteiger partial charge is 0.285 e. The van der Waals surface area contributed by atoms with E-state index in [9.17, 15) is 8.42 Å². The van der Waals surface area contributed by atoms with Crippen LogP contribution in [0.3, 0.4) is 0 Å². The predicted octanol–water partition coefficient (Wildman–Crippen LogP) is 1.85. The molecule has 0 aromatic rings. The van der Waals surface area contributed by atoms with E-state index < -0.39 is 15.4 Å². The molecule has 0 radical (unpaired) electrons. The summed E-state index contributed by atoms with van der Waals surface area (Å²) in [5.41, 5.74) is 1.81. The van der Waals surface area contributed by atoms with E-state index in [-0.39, 0.29) is 0 Å². The van der Waals surface area contributed by atoms with E-state index in [2.05, 4.69) is 0 Å². The summed E-state index contributed by atoms with van der Waals surface area (Å²) in [4.78, 5) is 0. The van der Waals surface area contributed by atoms with Crippen molar-refractivity contribution in [1.29, 1.82) is 0 Å². The van der Waals surface area contributed by atoms with Crippen LogP contribution in [0.5, 0.6) is 0 Å². The molecule has 1 N–H and O–H groups in total. The number of allylic oxidation sites excluding steroid dienone is 5. The minimum absolute atomic E-state index is 0.377. The van der Waals surface area contributed by atoms with E-state index in [4.69, 9.17) is 4.55 Å². The fraction of sp³-hybridized carbons (Fsp3) is 0.400. The average Bonchev–Trinajstić information content (AvgIpc) is 2.15. The minimum Gasteiger partial charge on any atom is -0.285 e. The van der Waals surface area contributed by atoms with Gasteiger partial charge in [-0.1, -0.05) is 24.3 Å². The molecule has 0 saturated heterocycles. The molecule has 2 aliphatic carbocycles. The Labute approximate surface area is 83.6 Å². The Balaban J connectivity index is 2.44. The van der Waals surface area contributed by atoms with Gasteiger partial charge in [0.05, 0.1) is 0 Å². The van der Waals surface area contributed by atoms with Crippen LogP contribution in [0.15, 0.2) is 35.5 Å². The standard InChI is InChI=1S/C10H12O3S/c11-14(12,13)10-7-3-5-8-4-1-2-6-9(8)10/h2-3,5-6,10H,1,4,7H2,(H,11,12,13). The molecule has 2 aliphatic rings. The molecule has 3 nitrogen and oxygen atoms in total. The van der Waals surface area contributed by atoms with E-state index in [1.165, 1.54) is 0 Å². The second-order valence-electron chi connectivity index (χ2n) is 3.56. The number of hydrogen-bond donors (Lipinski definition) is 1. The lowest BCUT2D eigenvalue weighted by atomic mass is 9.90. The molecular weight excluding hydrogens is 200 g/mol. The monoisotopic (exact) mass is 212 g/mol. The van der Waals surface area contributed by atoms with Gasteiger partial charge in [0.25, 0.3) is 10.1 Å². The molecule has 4 heteroatoms. The lowest BCUT2D eigenvalue weighted by Crippen LogP contribution is -2.25. The molecule has 1 atom stereocenters. The van der Waals surface area contributed by atoms with E-state index in [0.29, 0.717) is 6.42 Å². The van der Waals surface area contributed by atoms with E-state index in [1.54, 1.807) is 0 Å². The van der Waals surface area contributed by atoms with E-state index in [0.717, 1.165) is 24.0 Å². The van der Waals surface area contributed by atoms with Crippen molar-refractivity contribution in [2.24, 2.45) is 0 Å². The second-order valence-corrected chi connectivity index (χ2v) is 5.16.